The third-order valence-electron chi connectivity index (χ3n) is 1.89. The van der Waals surface area contributed by atoms with E-state index in [1.165, 1.54) is 0 Å². The number of hydrogen-bond donors (Lipinski definition) is 2. The molecule has 0 saturated heterocycles. The summed E-state index contributed by atoms with van der Waals surface area (Å²) in [5.74, 6) is 0. The number of nitrogens with one attached hydrogen (secondary N) is 1. The Balaban J connectivity index is 2.44. The average Bonchev–Trinajstić information content (AvgIpc) is 2.67. The molecule has 0 aliphatic carbocycles. The van der Waals surface area contributed by atoms with Gasteiger partial charge in [-0.1, -0.05) is 23.7 Å². The number of nitrogens with zero attached hydrogens (tertiary/aromatic N) is 2. The number of aliphatic hydroxyl groups is 1. The van der Waals surface area contributed by atoms with Crippen LogP contribution in [0.1, 0.15) is 5.69 Å². The number of hydrogen-bond acceptors (Lipinski definition) is 3. The normalized spacial score (nSPS) is 10.4. The predicted octanol–water partition coefficient (Wildman–Crippen LogP) is 1.62. The molecular weight excluding hydrogens is 202 g/mol. The first-order chi connectivity index (χ1) is 6.81. The molecule has 0 saturated carbocycles. The molecule has 72 valence electrons. The molecule has 1 aromatic carbocycles. The highest BCUT2D eigenvalue weighted by Gasteiger charge is 2.08. The van der Waals surface area contributed by atoms with Crippen molar-refractivity contribution in [3.8, 4) is 11.3 Å². The van der Waals surface area contributed by atoms with Gasteiger partial charge in [0.2, 0.25) is 0 Å². The number of rotatable bonds is 2. The van der Waals surface area contributed by atoms with E-state index < -0.39 is 0 Å². The van der Waals surface area contributed by atoms with E-state index in [1.54, 1.807) is 12.1 Å². The second-order valence-electron chi connectivity index (χ2n) is 2.78. The topological polar surface area (TPSA) is 61.8 Å². The van der Waals surface area contributed by atoms with Crippen LogP contribution in [-0.4, -0.2) is 20.5 Å². The first-order valence-electron chi connectivity index (χ1n) is 4.07. The predicted molar refractivity (Wildman–Crippen MR) is 52.8 cm³/mol. The van der Waals surface area contributed by atoms with Crippen molar-refractivity contribution < 1.29 is 5.11 Å². The van der Waals surface area contributed by atoms with Crippen LogP contribution in [0.25, 0.3) is 11.3 Å². The van der Waals surface area contributed by atoms with Gasteiger partial charge >= 0.3 is 0 Å². The van der Waals surface area contributed by atoms with Gasteiger partial charge in [-0.3, -0.25) is 0 Å². The van der Waals surface area contributed by atoms with Crippen molar-refractivity contribution in [2.24, 2.45) is 0 Å². The van der Waals surface area contributed by atoms with Crippen molar-refractivity contribution in [3.63, 3.8) is 0 Å². The Labute approximate surface area is 85.5 Å². The molecule has 2 N–H and O–H groups in total. The fourth-order valence-corrected chi connectivity index (χ4v) is 1.33. The Hall–Kier alpha value is -1.39. The van der Waals surface area contributed by atoms with Crippen LogP contribution in [0.15, 0.2) is 24.3 Å². The lowest BCUT2D eigenvalue weighted by molar-refractivity contribution is 0.277. The van der Waals surface area contributed by atoms with E-state index in [0.717, 1.165) is 5.56 Å². The number of H-pyrrole nitrogens is 1. The van der Waals surface area contributed by atoms with Gasteiger partial charge in [-0.05, 0) is 12.1 Å². The highest BCUT2D eigenvalue weighted by Crippen LogP contribution is 2.21. The summed E-state index contributed by atoms with van der Waals surface area (Å²) in [6.45, 7) is -0.130. The average molecular weight is 210 g/mol. The smallest absolute Gasteiger partial charge is 0.118 e. The Morgan fingerprint density at radius 3 is 2.57 bits per heavy atom. The molecule has 0 unspecified atom stereocenters. The number of aromatic amines is 1. The van der Waals surface area contributed by atoms with E-state index >= 15 is 0 Å². The lowest BCUT2D eigenvalue weighted by atomic mass is 10.1. The second kappa shape index (κ2) is 3.77. The summed E-state index contributed by atoms with van der Waals surface area (Å²) in [5, 5.41) is 19.9. The fraction of sp³-hybridized carbons (Fsp3) is 0.111. The van der Waals surface area contributed by atoms with Gasteiger partial charge in [-0.25, -0.2) is 0 Å². The summed E-state index contributed by atoms with van der Waals surface area (Å²) in [4.78, 5) is 0. The zero-order valence-corrected chi connectivity index (χ0v) is 7.99. The molecule has 1 aromatic heterocycles. The lowest BCUT2D eigenvalue weighted by Gasteiger charge is -1.97. The van der Waals surface area contributed by atoms with Crippen LogP contribution < -0.4 is 0 Å². The molecule has 1 heterocycles. The second-order valence-corrected chi connectivity index (χ2v) is 3.22. The summed E-state index contributed by atoms with van der Waals surface area (Å²) >= 11 is 5.75. The third kappa shape index (κ3) is 1.62. The van der Waals surface area contributed by atoms with Crippen LogP contribution >= 0.6 is 11.6 Å². The maximum atomic E-state index is 8.97. The van der Waals surface area contributed by atoms with Crippen molar-refractivity contribution in [1.82, 2.24) is 15.4 Å². The monoisotopic (exact) mass is 209 g/mol. The molecule has 2 aromatic rings. The Morgan fingerprint density at radius 1 is 1.21 bits per heavy atom. The van der Waals surface area contributed by atoms with Gasteiger partial charge in [0.15, 0.2) is 0 Å². The molecule has 14 heavy (non-hydrogen) atoms. The molecule has 0 aliphatic rings. The van der Waals surface area contributed by atoms with Crippen molar-refractivity contribution >= 4 is 11.6 Å². The Morgan fingerprint density at radius 2 is 1.93 bits per heavy atom. The van der Waals surface area contributed by atoms with E-state index in [-0.39, 0.29) is 6.61 Å². The molecule has 0 aliphatic heterocycles. The maximum Gasteiger partial charge on any atom is 0.118 e. The Bertz CT molecular complexity index is 424. The molecule has 0 amide bonds. The van der Waals surface area contributed by atoms with Crippen molar-refractivity contribution in [1.29, 1.82) is 0 Å². The molecule has 0 fully saturated rings. The SMILES string of the molecule is OCc1n[nH]nc1-c1ccc(Cl)cc1. The number of halogens is 1. The first kappa shape index (κ1) is 9.18. The van der Waals surface area contributed by atoms with Crippen LogP contribution in [0.4, 0.5) is 0 Å². The van der Waals surface area contributed by atoms with Gasteiger partial charge in [-0.15, -0.1) is 0 Å². The van der Waals surface area contributed by atoms with Crippen molar-refractivity contribution in [2.45, 2.75) is 6.61 Å². The summed E-state index contributed by atoms with van der Waals surface area (Å²) in [5.41, 5.74) is 2.07. The molecule has 0 atom stereocenters. The van der Waals surface area contributed by atoms with Gasteiger partial charge in [0, 0.05) is 10.6 Å². The van der Waals surface area contributed by atoms with Gasteiger partial charge < -0.3 is 5.11 Å². The summed E-state index contributed by atoms with van der Waals surface area (Å²) < 4.78 is 0. The van der Waals surface area contributed by atoms with E-state index in [9.17, 15) is 0 Å². The van der Waals surface area contributed by atoms with Crippen molar-refractivity contribution in [3.05, 3.63) is 35.0 Å². The van der Waals surface area contributed by atoms with E-state index in [0.29, 0.717) is 16.4 Å². The molecular formula is C9H8ClN3O. The van der Waals surface area contributed by atoms with Gasteiger partial charge in [-0.2, -0.15) is 15.4 Å². The zero-order chi connectivity index (χ0) is 9.97. The highest BCUT2D eigenvalue weighted by atomic mass is 35.5. The quantitative estimate of drug-likeness (QED) is 0.790. The van der Waals surface area contributed by atoms with Crippen LogP contribution in [-0.2, 0) is 6.61 Å². The number of aliphatic hydroxyl groups excluding tert-OH is 1. The van der Waals surface area contributed by atoms with E-state index in [2.05, 4.69) is 15.4 Å². The molecule has 2 rings (SSSR count). The minimum absolute atomic E-state index is 0.130. The largest absolute Gasteiger partial charge is 0.390 e. The van der Waals surface area contributed by atoms with Crippen LogP contribution in [0.3, 0.4) is 0 Å². The molecule has 0 radical (unpaired) electrons. The highest BCUT2D eigenvalue weighted by molar-refractivity contribution is 6.30. The van der Waals surface area contributed by atoms with Crippen LogP contribution in [0, 0.1) is 0 Å². The summed E-state index contributed by atoms with van der Waals surface area (Å²) in [6, 6.07) is 7.21. The standard InChI is InChI=1S/C9H8ClN3O/c10-7-3-1-6(2-4-7)9-8(5-14)11-13-12-9/h1-4,14H,5H2,(H,11,12,13). The third-order valence-corrected chi connectivity index (χ3v) is 2.14. The maximum absolute atomic E-state index is 8.97. The van der Waals surface area contributed by atoms with Gasteiger partial charge in [0.1, 0.15) is 11.4 Å². The molecule has 0 bridgehead atoms. The van der Waals surface area contributed by atoms with Crippen molar-refractivity contribution in [2.75, 3.05) is 0 Å². The molecule has 5 heteroatoms. The fourth-order valence-electron chi connectivity index (χ4n) is 1.20. The van der Waals surface area contributed by atoms with Crippen LogP contribution in [0.5, 0.6) is 0 Å². The minimum atomic E-state index is -0.130. The Kier molecular flexibility index (Phi) is 2.47. The summed E-state index contributed by atoms with van der Waals surface area (Å²) in [6.07, 6.45) is 0. The first-order valence-corrected chi connectivity index (χ1v) is 4.45. The summed E-state index contributed by atoms with van der Waals surface area (Å²) in [7, 11) is 0. The van der Waals surface area contributed by atoms with E-state index in [1.807, 2.05) is 12.1 Å². The lowest BCUT2D eigenvalue weighted by Crippen LogP contribution is -1.87. The minimum Gasteiger partial charge on any atom is -0.390 e. The number of aromatic nitrogens is 3. The zero-order valence-electron chi connectivity index (χ0n) is 7.24. The number of benzene rings is 1. The molecule has 4 nitrogen and oxygen atoms in total. The van der Waals surface area contributed by atoms with Gasteiger partial charge in [0.05, 0.1) is 6.61 Å². The van der Waals surface area contributed by atoms with E-state index in [4.69, 9.17) is 16.7 Å². The molecule has 0 spiro atoms. The van der Waals surface area contributed by atoms with Gasteiger partial charge in [0.25, 0.3) is 0 Å². The van der Waals surface area contributed by atoms with Crippen LogP contribution in [0.2, 0.25) is 5.02 Å².